The van der Waals surface area contributed by atoms with Gasteiger partial charge in [0, 0.05) is 18.8 Å². The minimum absolute atomic E-state index is 0.0727. The first-order chi connectivity index (χ1) is 15.7. The molecule has 1 amide bonds. The van der Waals surface area contributed by atoms with Crippen LogP contribution in [-0.4, -0.2) is 55.0 Å². The van der Waals surface area contributed by atoms with Gasteiger partial charge in [-0.15, -0.1) is 0 Å². The molecule has 0 aliphatic heterocycles. The van der Waals surface area contributed by atoms with Crippen LogP contribution < -0.4 is 5.32 Å². The number of ether oxygens (including phenoxy) is 1. The van der Waals surface area contributed by atoms with Crippen molar-refractivity contribution in [3.05, 3.63) is 48.0 Å². The molecular formula is C22H25N3O6S2. The lowest BCUT2D eigenvalue weighted by molar-refractivity contribution is -0.144. The van der Waals surface area contributed by atoms with E-state index in [9.17, 15) is 18.0 Å². The molecule has 0 unspecified atom stereocenters. The number of hydrogen-bond acceptors (Lipinski definition) is 8. The number of carbonyl (C=O) groups excluding carboxylic acids is 2. The Labute approximate surface area is 196 Å². The van der Waals surface area contributed by atoms with Crippen molar-refractivity contribution in [1.82, 2.24) is 9.29 Å². The maximum absolute atomic E-state index is 12.7. The second kappa shape index (κ2) is 10.8. The van der Waals surface area contributed by atoms with Crippen molar-refractivity contribution in [1.29, 1.82) is 0 Å². The van der Waals surface area contributed by atoms with Gasteiger partial charge in [0.25, 0.3) is 11.1 Å². The first-order valence-corrected chi connectivity index (χ1v) is 12.7. The minimum Gasteiger partial charge on any atom is -0.455 e. The summed E-state index contributed by atoms with van der Waals surface area (Å²) in [5.74, 6) is -1.25. The molecule has 1 N–H and O–H groups in total. The minimum atomic E-state index is -3.67. The Hall–Kier alpha value is -2.89. The zero-order chi connectivity index (χ0) is 24.0. The Morgan fingerprint density at radius 2 is 1.88 bits per heavy atom. The molecule has 0 spiro atoms. The van der Waals surface area contributed by atoms with E-state index < -0.39 is 28.5 Å². The largest absolute Gasteiger partial charge is 0.455 e. The number of sulfonamides is 1. The van der Waals surface area contributed by atoms with Gasteiger partial charge in [-0.25, -0.2) is 13.4 Å². The van der Waals surface area contributed by atoms with E-state index in [2.05, 4.69) is 10.3 Å². The van der Waals surface area contributed by atoms with Gasteiger partial charge < -0.3 is 14.5 Å². The number of esters is 1. The Morgan fingerprint density at radius 3 is 2.58 bits per heavy atom. The van der Waals surface area contributed by atoms with Crippen molar-refractivity contribution in [2.45, 2.75) is 30.9 Å². The van der Waals surface area contributed by atoms with Crippen LogP contribution in [0.5, 0.6) is 0 Å². The zero-order valence-electron chi connectivity index (χ0n) is 18.5. The summed E-state index contributed by atoms with van der Waals surface area (Å²) in [7, 11) is -3.67. The van der Waals surface area contributed by atoms with Crippen LogP contribution in [0.4, 0.5) is 5.69 Å². The maximum Gasteiger partial charge on any atom is 0.316 e. The molecule has 176 valence electrons. The van der Waals surface area contributed by atoms with Crippen LogP contribution in [0, 0.1) is 6.92 Å². The molecule has 0 saturated carbocycles. The number of benzene rings is 2. The van der Waals surface area contributed by atoms with Crippen molar-refractivity contribution in [2.75, 3.05) is 30.8 Å². The molecule has 2 aromatic carbocycles. The van der Waals surface area contributed by atoms with Crippen molar-refractivity contribution in [3.63, 3.8) is 0 Å². The molecule has 1 aromatic heterocycles. The number of nitrogens with one attached hydrogen (secondary N) is 1. The smallest absolute Gasteiger partial charge is 0.316 e. The Balaban J connectivity index is 1.55. The number of fused-ring (bicyclic) bond motifs is 1. The third-order valence-electron chi connectivity index (χ3n) is 4.78. The number of anilines is 1. The standard InChI is InChI=1S/C22H25N3O6S2/c1-4-25(5-2)33(28,29)16-11-10-15(3)18(12-16)23-20(26)13-30-21(27)14-32-22-24-17-8-6-7-9-19(17)31-22/h6-12H,4-5,13-14H2,1-3H3,(H,23,26). The average Bonchev–Trinajstić information content (AvgIpc) is 3.21. The number of hydrogen-bond donors (Lipinski definition) is 1. The summed E-state index contributed by atoms with van der Waals surface area (Å²) in [5.41, 5.74) is 2.33. The van der Waals surface area contributed by atoms with Crippen molar-refractivity contribution in [2.24, 2.45) is 0 Å². The molecule has 0 fully saturated rings. The number of carbonyl (C=O) groups is 2. The second-order valence-corrected chi connectivity index (χ2v) is 9.88. The first-order valence-electron chi connectivity index (χ1n) is 10.3. The van der Waals surface area contributed by atoms with Gasteiger partial charge in [0.05, 0.1) is 4.90 Å². The van der Waals surface area contributed by atoms with Crippen molar-refractivity contribution >= 4 is 50.4 Å². The Morgan fingerprint density at radius 1 is 1.15 bits per heavy atom. The number of oxazole rings is 1. The van der Waals surface area contributed by atoms with E-state index in [1.807, 2.05) is 12.1 Å². The molecular weight excluding hydrogens is 466 g/mol. The van der Waals surface area contributed by atoms with Gasteiger partial charge in [0.2, 0.25) is 10.0 Å². The van der Waals surface area contributed by atoms with Gasteiger partial charge in [-0.1, -0.05) is 43.8 Å². The SMILES string of the molecule is CCN(CC)S(=O)(=O)c1ccc(C)c(NC(=O)COC(=O)CSc2nc3ccccc3o2)c1. The number of aryl methyl sites for hydroxylation is 1. The molecule has 1 heterocycles. The van der Waals surface area contributed by atoms with Crippen LogP contribution in [0.25, 0.3) is 11.1 Å². The van der Waals surface area contributed by atoms with E-state index >= 15 is 0 Å². The predicted molar refractivity (Wildman–Crippen MR) is 126 cm³/mol. The van der Waals surface area contributed by atoms with Gasteiger partial charge in [0.1, 0.15) is 11.3 Å². The van der Waals surface area contributed by atoms with Crippen molar-refractivity contribution < 1.29 is 27.2 Å². The number of nitrogens with zero attached hydrogens (tertiary/aromatic N) is 2. The van der Waals surface area contributed by atoms with Gasteiger partial charge in [-0.3, -0.25) is 9.59 Å². The van der Waals surface area contributed by atoms with Crippen LogP contribution in [0.3, 0.4) is 0 Å². The quantitative estimate of drug-likeness (QED) is 0.338. The third kappa shape index (κ3) is 6.12. The number of amides is 1. The summed E-state index contributed by atoms with van der Waals surface area (Å²) in [5, 5.41) is 2.94. The number of rotatable bonds is 10. The summed E-state index contributed by atoms with van der Waals surface area (Å²) < 4.78 is 37.3. The lowest BCUT2D eigenvalue weighted by atomic mass is 10.2. The monoisotopic (exact) mass is 491 g/mol. The van der Waals surface area contributed by atoms with E-state index in [0.29, 0.717) is 40.7 Å². The summed E-state index contributed by atoms with van der Waals surface area (Å²) in [6.45, 7) is 5.44. The fourth-order valence-electron chi connectivity index (χ4n) is 3.02. The van der Waals surface area contributed by atoms with Crippen LogP contribution in [0.15, 0.2) is 57.0 Å². The van der Waals surface area contributed by atoms with E-state index in [-0.39, 0.29) is 10.6 Å². The predicted octanol–water partition coefficient (Wildman–Crippen LogP) is 3.44. The summed E-state index contributed by atoms with van der Waals surface area (Å²) in [6.07, 6.45) is 0. The van der Waals surface area contributed by atoms with Crippen LogP contribution >= 0.6 is 11.8 Å². The normalized spacial score (nSPS) is 11.6. The van der Waals surface area contributed by atoms with Gasteiger partial charge >= 0.3 is 5.97 Å². The fourth-order valence-corrected chi connectivity index (χ4v) is 5.14. The molecule has 3 rings (SSSR count). The molecule has 9 nitrogen and oxygen atoms in total. The lowest BCUT2D eigenvalue weighted by Crippen LogP contribution is -2.30. The topological polar surface area (TPSA) is 119 Å². The van der Waals surface area contributed by atoms with Gasteiger partial charge in [-0.2, -0.15) is 4.31 Å². The highest BCUT2D eigenvalue weighted by Crippen LogP contribution is 2.24. The van der Waals surface area contributed by atoms with Crippen LogP contribution in [0.2, 0.25) is 0 Å². The molecule has 0 aliphatic carbocycles. The second-order valence-electron chi connectivity index (χ2n) is 7.01. The highest BCUT2D eigenvalue weighted by Gasteiger charge is 2.22. The van der Waals surface area contributed by atoms with Gasteiger partial charge in [0.15, 0.2) is 12.2 Å². The third-order valence-corrected chi connectivity index (χ3v) is 7.63. The molecule has 0 bridgehead atoms. The highest BCUT2D eigenvalue weighted by molar-refractivity contribution is 7.99. The maximum atomic E-state index is 12.7. The van der Waals surface area contributed by atoms with Crippen molar-refractivity contribution in [3.8, 4) is 0 Å². The highest BCUT2D eigenvalue weighted by atomic mass is 32.2. The lowest BCUT2D eigenvalue weighted by Gasteiger charge is -2.19. The Bertz CT molecular complexity index is 1220. The molecule has 11 heteroatoms. The fraction of sp³-hybridized carbons (Fsp3) is 0.318. The van der Waals surface area contributed by atoms with Crippen LogP contribution in [-0.2, 0) is 24.3 Å². The van der Waals surface area contributed by atoms with E-state index in [1.165, 1.54) is 16.4 Å². The molecule has 0 aliphatic rings. The van der Waals surface area contributed by atoms with Crippen LogP contribution in [0.1, 0.15) is 19.4 Å². The van der Waals surface area contributed by atoms with E-state index in [4.69, 9.17) is 9.15 Å². The molecule has 3 aromatic rings. The molecule has 0 radical (unpaired) electrons. The summed E-state index contributed by atoms with van der Waals surface area (Å²) in [4.78, 5) is 28.6. The molecule has 33 heavy (non-hydrogen) atoms. The first kappa shape index (κ1) is 24.7. The number of thioether (sulfide) groups is 1. The van der Waals surface area contributed by atoms with E-state index in [0.717, 1.165) is 11.8 Å². The number of para-hydroxylation sites is 2. The molecule has 0 atom stereocenters. The summed E-state index contributed by atoms with van der Waals surface area (Å²) >= 11 is 1.07. The van der Waals surface area contributed by atoms with E-state index in [1.54, 1.807) is 39.0 Å². The molecule has 0 saturated heterocycles. The number of aromatic nitrogens is 1. The zero-order valence-corrected chi connectivity index (χ0v) is 20.2. The van der Waals surface area contributed by atoms with Gasteiger partial charge in [-0.05, 0) is 36.8 Å². The summed E-state index contributed by atoms with van der Waals surface area (Å²) in [6, 6.07) is 11.8. The average molecular weight is 492 g/mol. The Kier molecular flexibility index (Phi) is 8.11.